The SMILES string of the molecule is O=C1NC(CCC(=O)N2CCN(Cc3ccncc3)CC2)C(=O)Nc2ccccc21. The minimum absolute atomic E-state index is 0.0161. The van der Waals surface area contributed by atoms with Crippen LogP contribution in [0.2, 0.25) is 0 Å². The Hall–Kier alpha value is -3.26. The Morgan fingerprint density at radius 2 is 1.77 bits per heavy atom. The molecule has 0 spiro atoms. The van der Waals surface area contributed by atoms with E-state index in [2.05, 4.69) is 20.5 Å². The van der Waals surface area contributed by atoms with Crippen molar-refractivity contribution in [3.63, 3.8) is 0 Å². The maximum absolute atomic E-state index is 12.7. The summed E-state index contributed by atoms with van der Waals surface area (Å²) in [5, 5.41) is 5.52. The second kappa shape index (κ2) is 9.04. The quantitative estimate of drug-likeness (QED) is 0.778. The molecule has 0 saturated carbocycles. The van der Waals surface area contributed by atoms with Gasteiger partial charge in [0.1, 0.15) is 6.04 Å². The van der Waals surface area contributed by atoms with Gasteiger partial charge in [0, 0.05) is 51.5 Å². The van der Waals surface area contributed by atoms with E-state index < -0.39 is 6.04 Å². The van der Waals surface area contributed by atoms with Crippen LogP contribution in [0.5, 0.6) is 0 Å². The summed E-state index contributed by atoms with van der Waals surface area (Å²) in [6, 6.07) is 10.2. The maximum Gasteiger partial charge on any atom is 0.254 e. The molecule has 0 aliphatic carbocycles. The minimum Gasteiger partial charge on any atom is -0.340 e. The highest BCUT2D eigenvalue weighted by molar-refractivity contribution is 6.09. The molecule has 2 aliphatic heterocycles. The first kappa shape index (κ1) is 20.0. The van der Waals surface area contributed by atoms with E-state index in [4.69, 9.17) is 0 Å². The fourth-order valence-corrected chi connectivity index (χ4v) is 3.84. The van der Waals surface area contributed by atoms with Crippen LogP contribution in [0.4, 0.5) is 5.69 Å². The first-order valence-electron chi connectivity index (χ1n) is 10.2. The minimum atomic E-state index is -0.721. The Labute approximate surface area is 175 Å². The van der Waals surface area contributed by atoms with Gasteiger partial charge in [0.05, 0.1) is 11.3 Å². The van der Waals surface area contributed by atoms with Crippen LogP contribution in [0, 0.1) is 0 Å². The number of benzene rings is 1. The lowest BCUT2D eigenvalue weighted by Crippen LogP contribution is -2.49. The number of hydrogen-bond donors (Lipinski definition) is 2. The van der Waals surface area contributed by atoms with Gasteiger partial charge in [-0.1, -0.05) is 12.1 Å². The molecule has 156 valence electrons. The van der Waals surface area contributed by atoms with Crippen molar-refractivity contribution in [3.8, 4) is 0 Å². The number of amides is 3. The van der Waals surface area contributed by atoms with Crippen LogP contribution in [0.25, 0.3) is 0 Å². The van der Waals surface area contributed by atoms with Gasteiger partial charge in [0.2, 0.25) is 11.8 Å². The van der Waals surface area contributed by atoms with Crippen molar-refractivity contribution in [2.75, 3.05) is 31.5 Å². The van der Waals surface area contributed by atoms with Gasteiger partial charge in [0.15, 0.2) is 0 Å². The van der Waals surface area contributed by atoms with E-state index in [1.54, 1.807) is 36.7 Å². The zero-order chi connectivity index (χ0) is 20.9. The molecule has 0 radical (unpaired) electrons. The van der Waals surface area contributed by atoms with E-state index in [-0.39, 0.29) is 30.6 Å². The average molecular weight is 407 g/mol. The van der Waals surface area contributed by atoms with Crippen molar-refractivity contribution < 1.29 is 14.4 Å². The van der Waals surface area contributed by atoms with Crippen molar-refractivity contribution in [3.05, 3.63) is 59.9 Å². The van der Waals surface area contributed by atoms with Gasteiger partial charge in [-0.25, -0.2) is 0 Å². The van der Waals surface area contributed by atoms with Gasteiger partial charge < -0.3 is 15.5 Å². The Morgan fingerprint density at radius 1 is 1.03 bits per heavy atom. The molecule has 1 aromatic carbocycles. The number of hydrogen-bond acceptors (Lipinski definition) is 5. The number of nitrogens with one attached hydrogen (secondary N) is 2. The first-order chi connectivity index (χ1) is 14.6. The summed E-state index contributed by atoms with van der Waals surface area (Å²) in [4.78, 5) is 45.7. The molecule has 30 heavy (non-hydrogen) atoms. The number of carbonyl (C=O) groups excluding carboxylic acids is 3. The number of para-hydroxylation sites is 1. The zero-order valence-corrected chi connectivity index (χ0v) is 16.7. The number of pyridine rings is 1. The standard InChI is InChI=1S/C22H25N5O3/c28-20(27-13-11-26(12-14-27)15-16-7-9-23-10-8-16)6-5-19-22(30)24-18-4-2-1-3-17(18)21(29)25-19/h1-4,7-10,19H,5-6,11-15H2,(H,24,30)(H,25,29). The van der Waals surface area contributed by atoms with Crippen molar-refractivity contribution in [1.29, 1.82) is 0 Å². The van der Waals surface area contributed by atoms with E-state index in [9.17, 15) is 14.4 Å². The van der Waals surface area contributed by atoms with Gasteiger partial charge in [-0.2, -0.15) is 0 Å². The molecule has 4 rings (SSSR count). The Kier molecular flexibility index (Phi) is 6.04. The van der Waals surface area contributed by atoms with Crippen LogP contribution in [-0.4, -0.2) is 64.7 Å². The smallest absolute Gasteiger partial charge is 0.254 e. The number of fused-ring (bicyclic) bond motifs is 1. The number of rotatable bonds is 5. The molecule has 3 amide bonds. The second-order valence-corrected chi connectivity index (χ2v) is 7.61. The molecule has 0 bridgehead atoms. The van der Waals surface area contributed by atoms with Gasteiger partial charge in [-0.15, -0.1) is 0 Å². The molecule has 1 atom stereocenters. The normalized spacial score (nSPS) is 19.5. The van der Waals surface area contributed by atoms with Crippen LogP contribution in [-0.2, 0) is 16.1 Å². The van der Waals surface area contributed by atoms with Crippen LogP contribution in [0.15, 0.2) is 48.8 Å². The van der Waals surface area contributed by atoms with Crippen molar-refractivity contribution in [1.82, 2.24) is 20.1 Å². The summed E-state index contributed by atoms with van der Waals surface area (Å²) in [5.74, 6) is -0.572. The van der Waals surface area contributed by atoms with E-state index in [1.807, 2.05) is 17.0 Å². The highest BCUT2D eigenvalue weighted by Crippen LogP contribution is 2.19. The summed E-state index contributed by atoms with van der Waals surface area (Å²) in [7, 11) is 0. The second-order valence-electron chi connectivity index (χ2n) is 7.61. The molecule has 3 heterocycles. The van der Waals surface area contributed by atoms with E-state index in [1.165, 1.54) is 5.56 Å². The molecular weight excluding hydrogens is 382 g/mol. The zero-order valence-electron chi connectivity index (χ0n) is 16.7. The van der Waals surface area contributed by atoms with Gasteiger partial charge in [0.25, 0.3) is 5.91 Å². The molecule has 2 aromatic rings. The summed E-state index contributed by atoms with van der Waals surface area (Å²) >= 11 is 0. The predicted octanol–water partition coefficient (Wildman–Crippen LogP) is 1.26. The maximum atomic E-state index is 12.7. The van der Waals surface area contributed by atoms with Crippen molar-refractivity contribution in [2.24, 2.45) is 0 Å². The number of piperazine rings is 1. The number of anilines is 1. The molecule has 8 heteroatoms. The van der Waals surface area contributed by atoms with E-state index >= 15 is 0 Å². The Balaban J connectivity index is 1.26. The van der Waals surface area contributed by atoms with Crippen molar-refractivity contribution >= 4 is 23.4 Å². The van der Waals surface area contributed by atoms with E-state index in [0.29, 0.717) is 24.3 Å². The lowest BCUT2D eigenvalue weighted by Gasteiger charge is -2.35. The fourth-order valence-electron chi connectivity index (χ4n) is 3.84. The first-order valence-corrected chi connectivity index (χ1v) is 10.2. The fraction of sp³-hybridized carbons (Fsp3) is 0.364. The highest BCUT2D eigenvalue weighted by Gasteiger charge is 2.29. The molecule has 1 aromatic heterocycles. The number of aromatic nitrogens is 1. The Bertz CT molecular complexity index is 925. The molecule has 1 unspecified atom stereocenters. The van der Waals surface area contributed by atoms with E-state index in [0.717, 1.165) is 19.6 Å². The van der Waals surface area contributed by atoms with Gasteiger partial charge in [-0.05, 0) is 36.2 Å². The van der Waals surface area contributed by atoms with Crippen LogP contribution in [0.1, 0.15) is 28.8 Å². The third kappa shape index (κ3) is 4.65. The van der Waals surface area contributed by atoms with Crippen molar-refractivity contribution in [2.45, 2.75) is 25.4 Å². The van der Waals surface area contributed by atoms with Crippen LogP contribution in [0.3, 0.4) is 0 Å². The summed E-state index contributed by atoms with van der Waals surface area (Å²) in [6.45, 7) is 3.80. The third-order valence-electron chi connectivity index (χ3n) is 5.58. The number of nitrogens with zero attached hydrogens (tertiary/aromatic N) is 3. The topological polar surface area (TPSA) is 94.6 Å². The Morgan fingerprint density at radius 3 is 2.53 bits per heavy atom. The lowest BCUT2D eigenvalue weighted by molar-refractivity contribution is -0.133. The largest absolute Gasteiger partial charge is 0.340 e. The summed E-state index contributed by atoms with van der Waals surface area (Å²) in [5.41, 5.74) is 2.14. The molecule has 2 aliphatic rings. The number of carbonyl (C=O) groups is 3. The molecule has 2 N–H and O–H groups in total. The van der Waals surface area contributed by atoms with Crippen LogP contribution < -0.4 is 10.6 Å². The predicted molar refractivity (Wildman–Crippen MR) is 112 cm³/mol. The van der Waals surface area contributed by atoms with Gasteiger partial charge >= 0.3 is 0 Å². The monoisotopic (exact) mass is 407 g/mol. The molecule has 8 nitrogen and oxygen atoms in total. The van der Waals surface area contributed by atoms with Gasteiger partial charge in [-0.3, -0.25) is 24.3 Å². The van der Waals surface area contributed by atoms with Crippen LogP contribution >= 0.6 is 0 Å². The molecular formula is C22H25N5O3. The molecule has 1 saturated heterocycles. The average Bonchev–Trinajstić information content (AvgIpc) is 2.89. The summed E-state index contributed by atoms with van der Waals surface area (Å²) in [6.07, 6.45) is 4.08. The third-order valence-corrected chi connectivity index (χ3v) is 5.58. The lowest BCUT2D eigenvalue weighted by atomic mass is 10.1. The summed E-state index contributed by atoms with van der Waals surface area (Å²) < 4.78 is 0. The highest BCUT2D eigenvalue weighted by atomic mass is 16.2. The molecule has 1 fully saturated rings.